The fraction of sp³-hybridized carbons (Fsp3) is 0.214. The Labute approximate surface area is 115 Å². The van der Waals surface area contributed by atoms with E-state index in [2.05, 4.69) is 21.4 Å². The Morgan fingerprint density at radius 3 is 2.33 bits per heavy atom. The average molecular weight is 307 g/mol. The maximum Gasteiger partial charge on any atom is 0.270 e. The van der Waals surface area contributed by atoms with Crippen molar-refractivity contribution in [2.75, 3.05) is 5.43 Å². The van der Waals surface area contributed by atoms with Gasteiger partial charge in [0.1, 0.15) is 0 Å². The Bertz CT molecular complexity index is 582. The molecule has 94 valence electrons. The molecule has 2 aromatic rings. The lowest BCUT2D eigenvalue weighted by molar-refractivity contribution is 0.101. The van der Waals surface area contributed by atoms with Crippen LogP contribution < -0.4 is 5.43 Å². The number of benzene rings is 1. The number of hydrogen-bond donors (Lipinski definition) is 1. The molecule has 0 aliphatic heterocycles. The molecule has 0 aliphatic carbocycles. The lowest BCUT2D eigenvalue weighted by atomic mass is 10.1. The molecule has 4 heteroatoms. The standard InChI is InChI=1S/C14H15BrN2O/c1-9-4-7-12(15)8-13(9)14(18)16-17-10(2)5-6-11(17)3/h4-8H,1-3H3,(H,16,18). The largest absolute Gasteiger partial charge is 0.270 e. The maximum atomic E-state index is 12.2. The van der Waals surface area contributed by atoms with E-state index in [1.165, 1.54) is 0 Å². The first-order valence-electron chi connectivity index (χ1n) is 5.71. The Balaban J connectivity index is 2.30. The monoisotopic (exact) mass is 306 g/mol. The molecular weight excluding hydrogens is 292 g/mol. The fourth-order valence-electron chi connectivity index (χ4n) is 1.85. The van der Waals surface area contributed by atoms with Crippen molar-refractivity contribution in [2.24, 2.45) is 0 Å². The second-order valence-electron chi connectivity index (χ2n) is 4.35. The summed E-state index contributed by atoms with van der Waals surface area (Å²) in [7, 11) is 0. The van der Waals surface area contributed by atoms with Gasteiger partial charge < -0.3 is 0 Å². The second-order valence-corrected chi connectivity index (χ2v) is 5.27. The Hall–Kier alpha value is -1.55. The van der Waals surface area contributed by atoms with Gasteiger partial charge in [-0.1, -0.05) is 22.0 Å². The highest BCUT2D eigenvalue weighted by Gasteiger charge is 2.11. The molecule has 2 rings (SSSR count). The maximum absolute atomic E-state index is 12.2. The normalized spacial score (nSPS) is 10.4. The van der Waals surface area contributed by atoms with Gasteiger partial charge in [-0.05, 0) is 50.6 Å². The topological polar surface area (TPSA) is 34.0 Å². The first kappa shape index (κ1) is 12.9. The minimum atomic E-state index is -0.101. The summed E-state index contributed by atoms with van der Waals surface area (Å²) in [6, 6.07) is 9.64. The second kappa shape index (κ2) is 4.98. The molecule has 0 radical (unpaired) electrons. The molecule has 1 heterocycles. The van der Waals surface area contributed by atoms with Crippen LogP contribution >= 0.6 is 15.9 Å². The van der Waals surface area contributed by atoms with Gasteiger partial charge in [0.15, 0.2) is 0 Å². The van der Waals surface area contributed by atoms with Crippen molar-refractivity contribution >= 4 is 21.8 Å². The van der Waals surface area contributed by atoms with Crippen LogP contribution in [0, 0.1) is 20.8 Å². The average Bonchev–Trinajstić information content (AvgIpc) is 2.64. The molecule has 0 aliphatic rings. The molecule has 0 bridgehead atoms. The highest BCUT2D eigenvalue weighted by atomic mass is 79.9. The van der Waals surface area contributed by atoms with Gasteiger partial charge in [0.2, 0.25) is 0 Å². The zero-order valence-corrected chi connectivity index (χ0v) is 12.2. The third kappa shape index (κ3) is 2.48. The SMILES string of the molecule is Cc1ccc(Br)cc1C(=O)Nn1c(C)ccc1C. The molecule has 0 saturated heterocycles. The van der Waals surface area contributed by atoms with Gasteiger partial charge in [-0.3, -0.25) is 14.9 Å². The van der Waals surface area contributed by atoms with Gasteiger partial charge in [0, 0.05) is 21.4 Å². The van der Waals surface area contributed by atoms with Crippen molar-refractivity contribution in [2.45, 2.75) is 20.8 Å². The van der Waals surface area contributed by atoms with Crippen LogP contribution in [0.1, 0.15) is 27.3 Å². The van der Waals surface area contributed by atoms with Crippen LogP contribution in [0.3, 0.4) is 0 Å². The van der Waals surface area contributed by atoms with E-state index in [0.29, 0.717) is 5.56 Å². The third-order valence-corrected chi connectivity index (χ3v) is 3.42. The van der Waals surface area contributed by atoms with Crippen molar-refractivity contribution in [1.29, 1.82) is 0 Å². The fourth-order valence-corrected chi connectivity index (χ4v) is 2.21. The Morgan fingerprint density at radius 2 is 1.72 bits per heavy atom. The third-order valence-electron chi connectivity index (χ3n) is 2.93. The van der Waals surface area contributed by atoms with Gasteiger partial charge in [0.25, 0.3) is 5.91 Å². The van der Waals surface area contributed by atoms with E-state index in [-0.39, 0.29) is 5.91 Å². The minimum absolute atomic E-state index is 0.101. The number of nitrogens with one attached hydrogen (secondary N) is 1. The van der Waals surface area contributed by atoms with E-state index in [0.717, 1.165) is 21.4 Å². The summed E-state index contributed by atoms with van der Waals surface area (Å²) in [5.41, 5.74) is 6.55. The quantitative estimate of drug-likeness (QED) is 0.904. The Kier molecular flexibility index (Phi) is 3.57. The smallest absolute Gasteiger partial charge is 0.267 e. The lowest BCUT2D eigenvalue weighted by Gasteiger charge is -2.12. The van der Waals surface area contributed by atoms with Crippen molar-refractivity contribution in [1.82, 2.24) is 4.68 Å². The molecule has 0 unspecified atom stereocenters. The summed E-state index contributed by atoms with van der Waals surface area (Å²) in [6.45, 7) is 5.85. The summed E-state index contributed by atoms with van der Waals surface area (Å²) in [4.78, 5) is 12.2. The van der Waals surface area contributed by atoms with E-state index in [4.69, 9.17) is 0 Å². The molecule has 1 aromatic carbocycles. The molecular formula is C14H15BrN2O. The summed E-state index contributed by atoms with van der Waals surface area (Å²) < 4.78 is 2.70. The van der Waals surface area contributed by atoms with Crippen LogP contribution in [0.4, 0.5) is 0 Å². The molecule has 1 amide bonds. The molecule has 1 aromatic heterocycles. The van der Waals surface area contributed by atoms with E-state index >= 15 is 0 Å². The van der Waals surface area contributed by atoms with Crippen LogP contribution in [-0.2, 0) is 0 Å². The van der Waals surface area contributed by atoms with Crippen LogP contribution in [0.15, 0.2) is 34.8 Å². The van der Waals surface area contributed by atoms with Crippen molar-refractivity contribution < 1.29 is 4.79 Å². The van der Waals surface area contributed by atoms with Crippen molar-refractivity contribution in [3.8, 4) is 0 Å². The van der Waals surface area contributed by atoms with Gasteiger partial charge in [-0.25, -0.2) is 0 Å². The molecule has 1 N–H and O–H groups in total. The minimum Gasteiger partial charge on any atom is -0.267 e. The summed E-state index contributed by atoms with van der Waals surface area (Å²) in [6.07, 6.45) is 0. The van der Waals surface area contributed by atoms with Gasteiger partial charge >= 0.3 is 0 Å². The predicted molar refractivity (Wildman–Crippen MR) is 76.5 cm³/mol. The highest BCUT2D eigenvalue weighted by molar-refractivity contribution is 9.10. The number of carbonyl (C=O) groups excluding carboxylic acids is 1. The zero-order chi connectivity index (χ0) is 13.3. The summed E-state index contributed by atoms with van der Waals surface area (Å²) >= 11 is 3.38. The number of nitrogens with zero attached hydrogens (tertiary/aromatic N) is 1. The Morgan fingerprint density at radius 1 is 1.11 bits per heavy atom. The summed E-state index contributed by atoms with van der Waals surface area (Å²) in [5, 5.41) is 0. The molecule has 3 nitrogen and oxygen atoms in total. The highest BCUT2D eigenvalue weighted by Crippen LogP contribution is 2.16. The van der Waals surface area contributed by atoms with E-state index in [1.807, 2.05) is 51.1 Å². The van der Waals surface area contributed by atoms with Gasteiger partial charge in [-0.2, -0.15) is 0 Å². The first-order chi connectivity index (χ1) is 8.49. The van der Waals surface area contributed by atoms with E-state index < -0.39 is 0 Å². The molecule has 18 heavy (non-hydrogen) atoms. The van der Waals surface area contributed by atoms with Crippen molar-refractivity contribution in [3.05, 3.63) is 57.3 Å². The molecule has 0 atom stereocenters. The van der Waals surface area contributed by atoms with Gasteiger partial charge in [-0.15, -0.1) is 0 Å². The lowest BCUT2D eigenvalue weighted by Crippen LogP contribution is -2.25. The van der Waals surface area contributed by atoms with Crippen LogP contribution in [0.25, 0.3) is 0 Å². The molecule has 0 fully saturated rings. The number of hydrogen-bond acceptors (Lipinski definition) is 1. The summed E-state index contributed by atoms with van der Waals surface area (Å²) in [5.74, 6) is -0.101. The van der Waals surface area contributed by atoms with Crippen LogP contribution in [0.2, 0.25) is 0 Å². The number of amides is 1. The first-order valence-corrected chi connectivity index (χ1v) is 6.51. The number of aromatic nitrogens is 1. The van der Waals surface area contributed by atoms with E-state index in [1.54, 1.807) is 4.68 Å². The van der Waals surface area contributed by atoms with Crippen LogP contribution in [0.5, 0.6) is 0 Å². The molecule has 0 saturated carbocycles. The number of rotatable bonds is 2. The molecule has 0 spiro atoms. The number of carbonyl (C=O) groups is 1. The van der Waals surface area contributed by atoms with Crippen molar-refractivity contribution in [3.63, 3.8) is 0 Å². The zero-order valence-electron chi connectivity index (χ0n) is 10.6. The number of halogens is 1. The van der Waals surface area contributed by atoms with Gasteiger partial charge in [0.05, 0.1) is 0 Å². The number of aryl methyl sites for hydroxylation is 3. The predicted octanol–water partition coefficient (Wildman–Crippen LogP) is 3.56. The van der Waals surface area contributed by atoms with Crippen LogP contribution in [-0.4, -0.2) is 10.6 Å². The van der Waals surface area contributed by atoms with E-state index in [9.17, 15) is 4.79 Å².